The zero-order valence-electron chi connectivity index (χ0n) is 13.8. The SMILES string of the molecule is COCC(Cc1ccccc1)Nc1nc2cccc(C)c2c(=O)o1. The number of methoxy groups -OCH3 is 1. The lowest BCUT2D eigenvalue weighted by atomic mass is 10.1. The molecule has 3 rings (SSSR count). The van der Waals surface area contributed by atoms with Gasteiger partial charge < -0.3 is 14.5 Å². The van der Waals surface area contributed by atoms with Crippen LogP contribution in [0.15, 0.2) is 57.7 Å². The van der Waals surface area contributed by atoms with Gasteiger partial charge in [0.15, 0.2) is 0 Å². The number of nitrogens with zero attached hydrogens (tertiary/aromatic N) is 1. The third-order valence-corrected chi connectivity index (χ3v) is 3.89. The van der Waals surface area contributed by atoms with Gasteiger partial charge in [0, 0.05) is 7.11 Å². The molecule has 0 aliphatic heterocycles. The van der Waals surface area contributed by atoms with Crippen LogP contribution in [0.1, 0.15) is 11.1 Å². The van der Waals surface area contributed by atoms with Gasteiger partial charge in [-0.05, 0) is 30.5 Å². The van der Waals surface area contributed by atoms with Gasteiger partial charge in [-0.25, -0.2) is 4.79 Å². The van der Waals surface area contributed by atoms with Crippen LogP contribution in [0.4, 0.5) is 6.01 Å². The predicted octanol–water partition coefficient (Wildman–Crippen LogP) is 3.17. The van der Waals surface area contributed by atoms with Crippen LogP contribution < -0.4 is 10.9 Å². The molecule has 0 saturated carbocycles. The zero-order chi connectivity index (χ0) is 16.9. The summed E-state index contributed by atoms with van der Waals surface area (Å²) in [5, 5.41) is 3.70. The number of hydrogen-bond donors (Lipinski definition) is 1. The smallest absolute Gasteiger partial charge is 0.348 e. The molecule has 5 nitrogen and oxygen atoms in total. The molecule has 1 aromatic heterocycles. The first-order valence-corrected chi connectivity index (χ1v) is 7.87. The molecule has 0 radical (unpaired) electrons. The Balaban J connectivity index is 1.87. The van der Waals surface area contributed by atoms with Crippen molar-refractivity contribution in [2.75, 3.05) is 19.0 Å². The maximum Gasteiger partial charge on any atom is 0.348 e. The van der Waals surface area contributed by atoms with Gasteiger partial charge in [0.25, 0.3) is 6.01 Å². The van der Waals surface area contributed by atoms with Crippen molar-refractivity contribution >= 4 is 16.9 Å². The third-order valence-electron chi connectivity index (χ3n) is 3.89. The van der Waals surface area contributed by atoms with Gasteiger partial charge in [0.2, 0.25) is 0 Å². The van der Waals surface area contributed by atoms with Crippen LogP contribution >= 0.6 is 0 Å². The van der Waals surface area contributed by atoms with Crippen molar-refractivity contribution in [1.29, 1.82) is 0 Å². The average molecular weight is 324 g/mol. The highest BCUT2D eigenvalue weighted by Gasteiger charge is 2.14. The minimum atomic E-state index is -0.378. The zero-order valence-corrected chi connectivity index (χ0v) is 13.8. The third kappa shape index (κ3) is 3.63. The predicted molar refractivity (Wildman–Crippen MR) is 94.4 cm³/mol. The first-order chi connectivity index (χ1) is 11.7. The Kier molecular flexibility index (Phi) is 4.91. The number of benzene rings is 2. The van der Waals surface area contributed by atoms with Crippen LogP contribution in [0.3, 0.4) is 0 Å². The molecule has 124 valence electrons. The highest BCUT2D eigenvalue weighted by atomic mass is 16.5. The lowest BCUT2D eigenvalue weighted by Crippen LogP contribution is -2.28. The van der Waals surface area contributed by atoms with Crippen LogP contribution in [0.5, 0.6) is 0 Å². The Labute approximate surface area is 140 Å². The molecule has 1 unspecified atom stereocenters. The molecule has 24 heavy (non-hydrogen) atoms. The van der Waals surface area contributed by atoms with Crippen molar-refractivity contribution in [3.05, 3.63) is 70.1 Å². The van der Waals surface area contributed by atoms with E-state index < -0.39 is 0 Å². The minimum absolute atomic E-state index is 0.0460. The first kappa shape index (κ1) is 16.2. The highest BCUT2D eigenvalue weighted by Crippen LogP contribution is 2.16. The van der Waals surface area contributed by atoms with E-state index in [1.54, 1.807) is 7.11 Å². The molecule has 0 spiro atoms. The van der Waals surface area contributed by atoms with Crippen LogP contribution in [-0.4, -0.2) is 24.7 Å². The number of nitrogens with one attached hydrogen (secondary N) is 1. The Bertz CT molecular complexity index is 875. The van der Waals surface area contributed by atoms with Crippen molar-refractivity contribution in [3.8, 4) is 0 Å². The summed E-state index contributed by atoms with van der Waals surface area (Å²) in [4.78, 5) is 16.7. The molecule has 0 aliphatic carbocycles. The monoisotopic (exact) mass is 324 g/mol. The molecule has 0 fully saturated rings. The number of ether oxygens (including phenoxy) is 1. The van der Waals surface area contributed by atoms with Gasteiger partial charge in [-0.15, -0.1) is 0 Å². The molecule has 0 saturated heterocycles. The highest BCUT2D eigenvalue weighted by molar-refractivity contribution is 5.81. The molecule has 2 aromatic carbocycles. The van der Waals surface area contributed by atoms with Crippen LogP contribution in [-0.2, 0) is 11.2 Å². The fraction of sp³-hybridized carbons (Fsp3) is 0.263. The van der Waals surface area contributed by atoms with E-state index in [0.29, 0.717) is 17.5 Å². The summed E-state index contributed by atoms with van der Waals surface area (Å²) in [6, 6.07) is 15.8. The molecule has 1 heterocycles. The summed E-state index contributed by atoms with van der Waals surface area (Å²) in [5.74, 6) is 0. The second-order valence-corrected chi connectivity index (χ2v) is 5.76. The number of fused-ring (bicyclic) bond motifs is 1. The largest absolute Gasteiger partial charge is 0.389 e. The molecule has 0 aliphatic rings. The molecule has 5 heteroatoms. The van der Waals surface area contributed by atoms with Crippen LogP contribution in [0.25, 0.3) is 10.9 Å². The fourth-order valence-corrected chi connectivity index (χ4v) is 2.77. The van der Waals surface area contributed by atoms with Crippen molar-refractivity contribution in [2.45, 2.75) is 19.4 Å². The maximum atomic E-state index is 12.2. The Morgan fingerprint density at radius 1 is 1.17 bits per heavy atom. The van der Waals surface area contributed by atoms with Crippen molar-refractivity contribution < 1.29 is 9.15 Å². The quantitative estimate of drug-likeness (QED) is 0.754. The lowest BCUT2D eigenvalue weighted by molar-refractivity contribution is 0.184. The summed E-state index contributed by atoms with van der Waals surface area (Å²) in [6.45, 7) is 2.35. The summed E-state index contributed by atoms with van der Waals surface area (Å²) in [6.07, 6.45) is 0.742. The van der Waals surface area contributed by atoms with Crippen LogP contribution in [0.2, 0.25) is 0 Å². The minimum Gasteiger partial charge on any atom is -0.389 e. The fourth-order valence-electron chi connectivity index (χ4n) is 2.77. The van der Waals surface area contributed by atoms with Gasteiger partial charge in [-0.1, -0.05) is 42.5 Å². The summed E-state index contributed by atoms with van der Waals surface area (Å²) in [5.41, 5.74) is 2.28. The van der Waals surface area contributed by atoms with E-state index >= 15 is 0 Å². The molecular formula is C19H20N2O3. The maximum absolute atomic E-state index is 12.2. The topological polar surface area (TPSA) is 64.4 Å². The Morgan fingerprint density at radius 2 is 1.96 bits per heavy atom. The lowest BCUT2D eigenvalue weighted by Gasteiger charge is -2.17. The van der Waals surface area contributed by atoms with Gasteiger partial charge in [-0.3, -0.25) is 0 Å². The van der Waals surface area contributed by atoms with E-state index in [-0.39, 0.29) is 17.7 Å². The molecule has 0 bridgehead atoms. The molecule has 3 aromatic rings. The van der Waals surface area contributed by atoms with E-state index in [9.17, 15) is 4.79 Å². The second kappa shape index (κ2) is 7.27. The Hall–Kier alpha value is -2.66. The van der Waals surface area contributed by atoms with E-state index in [0.717, 1.165) is 12.0 Å². The van der Waals surface area contributed by atoms with E-state index in [4.69, 9.17) is 9.15 Å². The number of aromatic nitrogens is 1. The summed E-state index contributed by atoms with van der Waals surface area (Å²) >= 11 is 0. The van der Waals surface area contributed by atoms with E-state index in [1.807, 2.05) is 43.3 Å². The standard InChI is InChI=1S/C19H20N2O3/c1-13-7-6-10-16-17(13)18(22)24-19(21-16)20-15(12-23-2)11-14-8-4-3-5-9-14/h3-10,15H,11-12H2,1-2H3,(H,20,21). The van der Waals surface area contributed by atoms with Gasteiger partial charge in [0.1, 0.15) is 0 Å². The first-order valence-electron chi connectivity index (χ1n) is 7.87. The van der Waals surface area contributed by atoms with Crippen molar-refractivity contribution in [2.24, 2.45) is 0 Å². The molecule has 1 N–H and O–H groups in total. The number of hydrogen-bond acceptors (Lipinski definition) is 5. The van der Waals surface area contributed by atoms with Gasteiger partial charge in [0.05, 0.1) is 23.6 Å². The number of anilines is 1. The van der Waals surface area contributed by atoms with Crippen LogP contribution in [0, 0.1) is 6.92 Å². The average Bonchev–Trinajstić information content (AvgIpc) is 2.56. The number of aryl methyl sites for hydroxylation is 1. The van der Waals surface area contributed by atoms with E-state index in [1.165, 1.54) is 5.56 Å². The second-order valence-electron chi connectivity index (χ2n) is 5.76. The Morgan fingerprint density at radius 3 is 2.71 bits per heavy atom. The normalized spacial score (nSPS) is 12.2. The van der Waals surface area contributed by atoms with Gasteiger partial charge >= 0.3 is 5.63 Å². The van der Waals surface area contributed by atoms with Gasteiger partial charge in [-0.2, -0.15) is 4.98 Å². The molecule has 0 amide bonds. The molecule has 1 atom stereocenters. The van der Waals surface area contributed by atoms with Crippen molar-refractivity contribution in [3.63, 3.8) is 0 Å². The molecular weight excluding hydrogens is 304 g/mol. The number of rotatable bonds is 6. The van der Waals surface area contributed by atoms with E-state index in [2.05, 4.69) is 22.4 Å². The summed E-state index contributed by atoms with van der Waals surface area (Å²) < 4.78 is 10.6. The summed E-state index contributed by atoms with van der Waals surface area (Å²) in [7, 11) is 1.65. The van der Waals surface area contributed by atoms with Crippen molar-refractivity contribution in [1.82, 2.24) is 4.98 Å².